The molecule has 0 aliphatic carbocycles. The lowest BCUT2D eigenvalue weighted by Gasteiger charge is -2.09. The van der Waals surface area contributed by atoms with Gasteiger partial charge in [-0.3, -0.25) is 0 Å². The summed E-state index contributed by atoms with van der Waals surface area (Å²) >= 11 is 0. The van der Waals surface area contributed by atoms with Gasteiger partial charge in [0.05, 0.1) is 5.69 Å². The van der Waals surface area contributed by atoms with Crippen LogP contribution < -0.4 is 10.6 Å². The van der Waals surface area contributed by atoms with Crippen LogP contribution in [0.5, 0.6) is 0 Å². The summed E-state index contributed by atoms with van der Waals surface area (Å²) in [4.78, 5) is 11.4. The molecular formula is C12H17FN2O. The second-order valence-corrected chi connectivity index (χ2v) is 4.04. The molecule has 0 bridgehead atoms. The normalized spacial score (nSPS) is 10.2. The maximum absolute atomic E-state index is 13.2. The van der Waals surface area contributed by atoms with Gasteiger partial charge in [0, 0.05) is 6.54 Å². The van der Waals surface area contributed by atoms with Gasteiger partial charge in [-0.1, -0.05) is 26.0 Å². The number of benzene rings is 1. The van der Waals surface area contributed by atoms with Crippen LogP contribution in [0.2, 0.25) is 0 Å². The van der Waals surface area contributed by atoms with E-state index in [1.165, 1.54) is 12.1 Å². The van der Waals surface area contributed by atoms with E-state index in [0.717, 1.165) is 6.42 Å². The average Bonchev–Trinajstić information content (AvgIpc) is 2.21. The number of para-hydroxylation sites is 1. The molecule has 16 heavy (non-hydrogen) atoms. The third-order valence-corrected chi connectivity index (χ3v) is 2.13. The number of hydrogen-bond acceptors (Lipinski definition) is 1. The Kier molecular flexibility index (Phi) is 4.76. The Hall–Kier alpha value is -1.58. The predicted octanol–water partition coefficient (Wildman–Crippen LogP) is 2.99. The van der Waals surface area contributed by atoms with Crippen LogP contribution in [0.15, 0.2) is 24.3 Å². The summed E-state index contributed by atoms with van der Waals surface area (Å²) in [6, 6.07) is 5.72. The number of halogens is 1. The zero-order valence-electron chi connectivity index (χ0n) is 9.59. The highest BCUT2D eigenvalue weighted by Gasteiger charge is 2.05. The van der Waals surface area contributed by atoms with Gasteiger partial charge in [-0.15, -0.1) is 0 Å². The van der Waals surface area contributed by atoms with E-state index in [0.29, 0.717) is 12.5 Å². The van der Waals surface area contributed by atoms with E-state index in [1.54, 1.807) is 12.1 Å². The molecule has 2 amide bonds. The minimum atomic E-state index is -0.429. The highest BCUT2D eigenvalue weighted by atomic mass is 19.1. The third-order valence-electron chi connectivity index (χ3n) is 2.13. The Morgan fingerprint density at radius 1 is 1.38 bits per heavy atom. The van der Waals surface area contributed by atoms with Crippen molar-refractivity contribution in [2.75, 3.05) is 11.9 Å². The van der Waals surface area contributed by atoms with Gasteiger partial charge < -0.3 is 10.6 Å². The van der Waals surface area contributed by atoms with E-state index in [4.69, 9.17) is 0 Å². The molecule has 0 saturated heterocycles. The van der Waals surface area contributed by atoms with Gasteiger partial charge in [0.1, 0.15) is 5.82 Å². The van der Waals surface area contributed by atoms with E-state index in [1.807, 2.05) is 0 Å². The Morgan fingerprint density at radius 2 is 2.06 bits per heavy atom. The summed E-state index contributed by atoms with van der Waals surface area (Å²) in [7, 11) is 0. The number of rotatable bonds is 4. The topological polar surface area (TPSA) is 41.1 Å². The Labute approximate surface area is 95.0 Å². The fourth-order valence-electron chi connectivity index (χ4n) is 1.20. The first-order chi connectivity index (χ1) is 7.59. The molecule has 2 N–H and O–H groups in total. The van der Waals surface area contributed by atoms with Crippen LogP contribution in [0, 0.1) is 11.7 Å². The van der Waals surface area contributed by atoms with Crippen LogP contribution in [0.3, 0.4) is 0 Å². The molecule has 0 fully saturated rings. The van der Waals surface area contributed by atoms with Crippen LogP contribution in [0.25, 0.3) is 0 Å². The first kappa shape index (κ1) is 12.5. The van der Waals surface area contributed by atoms with Gasteiger partial charge in [0.25, 0.3) is 0 Å². The number of carbonyl (C=O) groups is 1. The maximum Gasteiger partial charge on any atom is 0.319 e. The highest BCUT2D eigenvalue weighted by molar-refractivity contribution is 5.89. The largest absolute Gasteiger partial charge is 0.338 e. The first-order valence-corrected chi connectivity index (χ1v) is 5.39. The van der Waals surface area contributed by atoms with Gasteiger partial charge >= 0.3 is 6.03 Å². The molecule has 88 valence electrons. The van der Waals surface area contributed by atoms with Gasteiger partial charge in [-0.2, -0.15) is 0 Å². The quantitative estimate of drug-likeness (QED) is 0.811. The van der Waals surface area contributed by atoms with E-state index in [2.05, 4.69) is 24.5 Å². The minimum Gasteiger partial charge on any atom is -0.338 e. The van der Waals surface area contributed by atoms with E-state index < -0.39 is 5.82 Å². The van der Waals surface area contributed by atoms with Crippen LogP contribution in [0.4, 0.5) is 14.9 Å². The summed E-state index contributed by atoms with van der Waals surface area (Å²) in [5.41, 5.74) is 0.199. The molecule has 0 heterocycles. The van der Waals surface area contributed by atoms with Crippen molar-refractivity contribution >= 4 is 11.7 Å². The van der Waals surface area contributed by atoms with Crippen molar-refractivity contribution in [1.29, 1.82) is 0 Å². The monoisotopic (exact) mass is 224 g/mol. The number of hydrogen-bond donors (Lipinski definition) is 2. The fourth-order valence-corrected chi connectivity index (χ4v) is 1.20. The first-order valence-electron chi connectivity index (χ1n) is 5.39. The molecule has 0 saturated carbocycles. The lowest BCUT2D eigenvalue weighted by molar-refractivity contribution is 0.251. The van der Waals surface area contributed by atoms with Crippen molar-refractivity contribution < 1.29 is 9.18 Å². The highest BCUT2D eigenvalue weighted by Crippen LogP contribution is 2.11. The molecule has 3 nitrogen and oxygen atoms in total. The smallest absolute Gasteiger partial charge is 0.319 e. The minimum absolute atomic E-state index is 0.199. The molecule has 0 radical (unpaired) electrons. The summed E-state index contributed by atoms with van der Waals surface area (Å²) in [6.45, 7) is 4.75. The number of anilines is 1. The molecule has 0 aliphatic rings. The standard InChI is InChI=1S/C12H17FN2O/c1-9(2)7-8-14-12(16)15-11-6-4-3-5-10(11)13/h3-6,9H,7-8H2,1-2H3,(H2,14,15,16). The molecule has 0 aromatic heterocycles. The summed E-state index contributed by atoms with van der Waals surface area (Å²) < 4.78 is 13.2. The van der Waals surface area contributed by atoms with Gasteiger partial charge in [0.2, 0.25) is 0 Å². The molecule has 0 aliphatic heterocycles. The number of amides is 2. The van der Waals surface area contributed by atoms with Crippen molar-refractivity contribution in [3.05, 3.63) is 30.1 Å². The number of nitrogens with one attached hydrogen (secondary N) is 2. The molecule has 1 rings (SSSR count). The summed E-state index contributed by atoms with van der Waals surface area (Å²) in [6.07, 6.45) is 0.907. The second-order valence-electron chi connectivity index (χ2n) is 4.04. The maximum atomic E-state index is 13.2. The Bertz CT molecular complexity index is 353. The van der Waals surface area contributed by atoms with Crippen molar-refractivity contribution in [2.45, 2.75) is 20.3 Å². The van der Waals surface area contributed by atoms with Crippen molar-refractivity contribution in [3.63, 3.8) is 0 Å². The molecular weight excluding hydrogens is 207 g/mol. The molecule has 1 aromatic carbocycles. The van der Waals surface area contributed by atoms with Crippen LogP contribution >= 0.6 is 0 Å². The second kappa shape index (κ2) is 6.10. The predicted molar refractivity (Wildman–Crippen MR) is 62.9 cm³/mol. The lowest BCUT2D eigenvalue weighted by atomic mass is 10.1. The Balaban J connectivity index is 2.37. The van der Waals surface area contributed by atoms with Crippen molar-refractivity contribution in [3.8, 4) is 0 Å². The average molecular weight is 224 g/mol. The van der Waals surface area contributed by atoms with Crippen LogP contribution in [-0.4, -0.2) is 12.6 Å². The van der Waals surface area contributed by atoms with E-state index >= 15 is 0 Å². The number of urea groups is 1. The molecule has 0 spiro atoms. The molecule has 1 aromatic rings. The third kappa shape index (κ3) is 4.29. The van der Waals surface area contributed by atoms with E-state index in [9.17, 15) is 9.18 Å². The summed E-state index contributed by atoms with van der Waals surface area (Å²) in [5, 5.41) is 5.13. The molecule has 0 unspecified atom stereocenters. The Morgan fingerprint density at radius 3 is 2.69 bits per heavy atom. The van der Waals surface area contributed by atoms with Crippen molar-refractivity contribution in [1.82, 2.24) is 5.32 Å². The van der Waals surface area contributed by atoms with Crippen LogP contribution in [0.1, 0.15) is 20.3 Å². The molecule has 4 heteroatoms. The van der Waals surface area contributed by atoms with Crippen molar-refractivity contribution in [2.24, 2.45) is 5.92 Å². The van der Waals surface area contributed by atoms with Gasteiger partial charge in [-0.05, 0) is 24.5 Å². The van der Waals surface area contributed by atoms with Gasteiger partial charge in [0.15, 0.2) is 0 Å². The molecule has 0 atom stereocenters. The summed E-state index contributed by atoms with van der Waals surface area (Å²) in [5.74, 6) is 0.107. The fraction of sp³-hybridized carbons (Fsp3) is 0.417. The van der Waals surface area contributed by atoms with Gasteiger partial charge in [-0.25, -0.2) is 9.18 Å². The zero-order chi connectivity index (χ0) is 12.0. The SMILES string of the molecule is CC(C)CCNC(=O)Nc1ccccc1F. The van der Waals surface area contributed by atoms with Crippen LogP contribution in [-0.2, 0) is 0 Å². The zero-order valence-corrected chi connectivity index (χ0v) is 9.59. The number of carbonyl (C=O) groups excluding carboxylic acids is 1. The van der Waals surface area contributed by atoms with E-state index in [-0.39, 0.29) is 11.7 Å². The lowest BCUT2D eigenvalue weighted by Crippen LogP contribution is -2.30.